The molecule has 2 aromatic rings. The number of carbonyl (C=O) groups excluding carboxylic acids is 2. The molecule has 2 aromatic carbocycles. The van der Waals surface area contributed by atoms with Crippen LogP contribution in [0.4, 0.5) is 0 Å². The van der Waals surface area contributed by atoms with E-state index in [9.17, 15) is 9.59 Å². The zero-order valence-corrected chi connectivity index (χ0v) is 18.1. The molecule has 1 N–H and O–H groups in total. The zero-order valence-electron chi connectivity index (χ0n) is 18.1. The van der Waals surface area contributed by atoms with Crippen LogP contribution in [-0.2, 0) is 4.79 Å². The summed E-state index contributed by atoms with van der Waals surface area (Å²) in [6.45, 7) is 1.26. The average molecular weight is 412 g/mol. The smallest absolute Gasteiger partial charge is 0.254 e. The molecule has 0 fully saturated rings. The van der Waals surface area contributed by atoms with Gasteiger partial charge in [-0.2, -0.15) is 0 Å². The Balaban J connectivity index is 2.06. The Labute approximate surface area is 177 Å². The summed E-state index contributed by atoms with van der Waals surface area (Å²) in [6.07, 6.45) is 0. The molecule has 0 saturated carbocycles. The Hall–Kier alpha value is -3.06. The maximum Gasteiger partial charge on any atom is 0.254 e. The molecule has 0 aliphatic carbocycles. The summed E-state index contributed by atoms with van der Waals surface area (Å²) < 4.78 is 10.8. The van der Waals surface area contributed by atoms with Gasteiger partial charge in [0.15, 0.2) is 11.5 Å². The quantitative estimate of drug-likeness (QED) is 0.757. The predicted octanol–water partition coefficient (Wildman–Crippen LogP) is 2.29. The van der Waals surface area contributed by atoms with Gasteiger partial charge >= 0.3 is 0 Å². The van der Waals surface area contributed by atoms with Crippen LogP contribution in [0.1, 0.15) is 33.4 Å². The molecule has 30 heavy (non-hydrogen) atoms. The van der Waals surface area contributed by atoms with E-state index in [-0.39, 0.29) is 11.8 Å². The van der Waals surface area contributed by atoms with Crippen molar-refractivity contribution in [3.05, 3.63) is 59.2 Å². The van der Waals surface area contributed by atoms with Crippen molar-refractivity contribution in [3.8, 4) is 11.5 Å². The third-order valence-corrected chi connectivity index (χ3v) is 5.47. The van der Waals surface area contributed by atoms with Crippen molar-refractivity contribution in [2.75, 3.05) is 48.5 Å². The zero-order chi connectivity index (χ0) is 21.8. The van der Waals surface area contributed by atoms with E-state index in [1.807, 2.05) is 49.3 Å². The van der Waals surface area contributed by atoms with Crippen LogP contribution in [0.3, 0.4) is 0 Å². The van der Waals surface area contributed by atoms with Crippen LogP contribution in [0.2, 0.25) is 0 Å². The molecular formula is C23H29N3O4. The van der Waals surface area contributed by atoms with E-state index in [1.54, 1.807) is 38.3 Å². The average Bonchev–Trinajstić information content (AvgIpc) is 2.75. The van der Waals surface area contributed by atoms with E-state index < -0.39 is 12.0 Å². The lowest BCUT2D eigenvalue weighted by Crippen LogP contribution is -2.46. The minimum atomic E-state index is -0.538. The lowest BCUT2D eigenvalue weighted by molar-refractivity contribution is -0.124. The van der Waals surface area contributed by atoms with Crippen LogP contribution < -0.4 is 14.8 Å². The Bertz CT molecular complexity index is 928. The van der Waals surface area contributed by atoms with Gasteiger partial charge in [0.2, 0.25) is 5.91 Å². The van der Waals surface area contributed by atoms with E-state index >= 15 is 0 Å². The van der Waals surface area contributed by atoms with Crippen molar-refractivity contribution in [2.45, 2.75) is 12.0 Å². The van der Waals surface area contributed by atoms with Crippen molar-refractivity contribution < 1.29 is 19.1 Å². The van der Waals surface area contributed by atoms with E-state index in [4.69, 9.17) is 9.47 Å². The topological polar surface area (TPSA) is 71.1 Å². The summed E-state index contributed by atoms with van der Waals surface area (Å²) >= 11 is 0. The summed E-state index contributed by atoms with van der Waals surface area (Å²) in [5.41, 5.74) is 2.11. The first-order chi connectivity index (χ1) is 14.4. The predicted molar refractivity (Wildman–Crippen MR) is 115 cm³/mol. The van der Waals surface area contributed by atoms with Crippen molar-refractivity contribution in [1.82, 2.24) is 15.1 Å². The number of carbonyl (C=O) groups is 2. The van der Waals surface area contributed by atoms with E-state index in [2.05, 4.69) is 5.32 Å². The van der Waals surface area contributed by atoms with E-state index in [1.165, 1.54) is 0 Å². The fraction of sp³-hybridized carbons (Fsp3) is 0.391. The van der Waals surface area contributed by atoms with Crippen LogP contribution >= 0.6 is 0 Å². The number of benzene rings is 2. The largest absolute Gasteiger partial charge is 0.493 e. The van der Waals surface area contributed by atoms with Gasteiger partial charge < -0.3 is 24.6 Å². The molecule has 0 unspecified atom stereocenters. The first-order valence-electron chi connectivity index (χ1n) is 9.89. The molecule has 160 valence electrons. The van der Waals surface area contributed by atoms with Crippen molar-refractivity contribution >= 4 is 11.8 Å². The highest BCUT2D eigenvalue weighted by atomic mass is 16.5. The fourth-order valence-corrected chi connectivity index (χ4v) is 3.92. The maximum atomic E-state index is 13.3. The van der Waals surface area contributed by atoms with Crippen molar-refractivity contribution in [3.63, 3.8) is 0 Å². The molecule has 2 atom stereocenters. The first kappa shape index (κ1) is 21.6. The van der Waals surface area contributed by atoms with Gasteiger partial charge in [-0.3, -0.25) is 9.59 Å². The maximum absolute atomic E-state index is 13.3. The number of hydrogen-bond acceptors (Lipinski definition) is 5. The molecule has 0 aromatic heterocycles. The van der Waals surface area contributed by atoms with Gasteiger partial charge in [-0.1, -0.05) is 24.3 Å². The lowest BCUT2D eigenvalue weighted by atomic mass is 9.79. The molecule has 2 amide bonds. The molecule has 0 spiro atoms. The number of methoxy groups -OCH3 is 2. The van der Waals surface area contributed by atoms with E-state index in [0.29, 0.717) is 23.6 Å². The normalized spacial score (nSPS) is 18.2. The van der Waals surface area contributed by atoms with Crippen molar-refractivity contribution in [2.24, 2.45) is 0 Å². The SMILES string of the molecule is COc1ccc([C@@H]2[C@H](C(=O)NCCN(C)C)c3ccccc3C(=O)N2C)cc1OC. The Morgan fingerprint density at radius 3 is 2.47 bits per heavy atom. The monoisotopic (exact) mass is 411 g/mol. The Morgan fingerprint density at radius 1 is 1.10 bits per heavy atom. The van der Waals surface area contributed by atoms with Gasteiger partial charge in [-0.25, -0.2) is 0 Å². The van der Waals surface area contributed by atoms with Gasteiger partial charge in [0.1, 0.15) is 0 Å². The lowest BCUT2D eigenvalue weighted by Gasteiger charge is -2.40. The summed E-state index contributed by atoms with van der Waals surface area (Å²) in [6, 6.07) is 12.4. The third kappa shape index (κ3) is 4.11. The Morgan fingerprint density at radius 2 is 1.80 bits per heavy atom. The van der Waals surface area contributed by atoms with Gasteiger partial charge in [-0.15, -0.1) is 0 Å². The summed E-state index contributed by atoms with van der Waals surface area (Å²) in [5, 5.41) is 3.04. The number of ether oxygens (including phenoxy) is 2. The number of likely N-dealkylation sites (N-methyl/N-ethyl adjacent to an activating group) is 2. The highest BCUT2D eigenvalue weighted by Crippen LogP contribution is 2.43. The van der Waals surface area contributed by atoms with Gasteiger partial charge in [0.25, 0.3) is 5.91 Å². The number of rotatable bonds is 7. The summed E-state index contributed by atoms with van der Waals surface area (Å²) in [7, 11) is 8.80. The molecular weight excluding hydrogens is 382 g/mol. The molecule has 0 bridgehead atoms. The molecule has 1 heterocycles. The van der Waals surface area contributed by atoms with Crippen LogP contribution in [0.25, 0.3) is 0 Å². The highest BCUT2D eigenvalue weighted by Gasteiger charge is 2.42. The second kappa shape index (κ2) is 9.17. The number of fused-ring (bicyclic) bond motifs is 1. The molecule has 0 radical (unpaired) electrons. The Kier molecular flexibility index (Phi) is 6.62. The van der Waals surface area contributed by atoms with Crippen molar-refractivity contribution in [1.29, 1.82) is 0 Å². The third-order valence-electron chi connectivity index (χ3n) is 5.47. The molecule has 1 aliphatic rings. The number of hydrogen-bond donors (Lipinski definition) is 1. The molecule has 7 nitrogen and oxygen atoms in total. The molecule has 3 rings (SSSR count). The van der Waals surface area contributed by atoms with Crippen LogP contribution in [-0.4, -0.2) is 70.1 Å². The van der Waals surface area contributed by atoms with E-state index in [0.717, 1.165) is 17.7 Å². The number of amides is 2. The minimum absolute atomic E-state index is 0.108. The van der Waals surface area contributed by atoms with Crippen LogP contribution in [0.5, 0.6) is 11.5 Å². The first-order valence-corrected chi connectivity index (χ1v) is 9.89. The second-order valence-corrected chi connectivity index (χ2v) is 7.63. The number of nitrogens with zero attached hydrogens (tertiary/aromatic N) is 2. The van der Waals surface area contributed by atoms with Gasteiger partial charge in [-0.05, 0) is 43.4 Å². The van der Waals surface area contributed by atoms with Crippen LogP contribution in [0.15, 0.2) is 42.5 Å². The summed E-state index contributed by atoms with van der Waals surface area (Å²) in [4.78, 5) is 30.1. The minimum Gasteiger partial charge on any atom is -0.493 e. The van der Waals surface area contributed by atoms with Crippen LogP contribution in [0, 0.1) is 0 Å². The molecule has 0 saturated heterocycles. The fourth-order valence-electron chi connectivity index (χ4n) is 3.92. The summed E-state index contributed by atoms with van der Waals surface area (Å²) in [5.74, 6) is 0.398. The molecule has 7 heteroatoms. The van der Waals surface area contributed by atoms with Gasteiger partial charge in [0, 0.05) is 25.7 Å². The molecule has 1 aliphatic heterocycles. The van der Waals surface area contributed by atoms with Gasteiger partial charge in [0.05, 0.1) is 26.2 Å². The highest BCUT2D eigenvalue weighted by molar-refractivity contribution is 6.01. The second-order valence-electron chi connectivity index (χ2n) is 7.63. The standard InChI is InChI=1S/C23H29N3O4/c1-25(2)13-12-24-22(27)20-16-8-6-7-9-17(16)23(28)26(3)21(20)15-10-11-18(29-4)19(14-15)30-5/h6-11,14,20-21H,12-13H2,1-5H3,(H,24,27)/t20-,21-/m1/s1. The number of nitrogens with one attached hydrogen (secondary N) is 1.